The van der Waals surface area contributed by atoms with Crippen molar-refractivity contribution in [2.75, 3.05) is 32.8 Å². The third-order valence-electron chi connectivity index (χ3n) is 4.33. The van der Waals surface area contributed by atoms with Gasteiger partial charge in [-0.2, -0.15) is 0 Å². The van der Waals surface area contributed by atoms with E-state index in [9.17, 15) is 4.79 Å². The third-order valence-corrected chi connectivity index (χ3v) is 4.33. The molecule has 0 atom stereocenters. The van der Waals surface area contributed by atoms with Crippen LogP contribution in [0.3, 0.4) is 0 Å². The minimum absolute atomic E-state index is 0.211. The molecule has 0 radical (unpaired) electrons. The number of aliphatic hydroxyl groups is 1. The van der Waals surface area contributed by atoms with Gasteiger partial charge < -0.3 is 14.9 Å². The molecule has 0 aliphatic carbocycles. The molecule has 0 spiro atoms. The summed E-state index contributed by atoms with van der Waals surface area (Å²) >= 11 is 0. The molecule has 1 N–H and O–H groups in total. The quantitative estimate of drug-likeness (QED) is 0.773. The average molecular weight is 240 g/mol. The van der Waals surface area contributed by atoms with E-state index in [0.29, 0.717) is 18.6 Å². The van der Waals surface area contributed by atoms with Crippen molar-refractivity contribution in [1.29, 1.82) is 0 Å². The summed E-state index contributed by atoms with van der Waals surface area (Å²) in [5, 5.41) is 9.12. The summed E-state index contributed by atoms with van der Waals surface area (Å²) in [6, 6.07) is 0.658. The van der Waals surface area contributed by atoms with Gasteiger partial charge in [0.2, 0.25) is 5.91 Å². The van der Waals surface area contributed by atoms with Crippen LogP contribution < -0.4 is 0 Å². The van der Waals surface area contributed by atoms with E-state index in [1.165, 1.54) is 0 Å². The van der Waals surface area contributed by atoms with Crippen LogP contribution in [0.5, 0.6) is 0 Å². The van der Waals surface area contributed by atoms with Crippen molar-refractivity contribution in [2.24, 2.45) is 5.92 Å². The predicted molar refractivity (Wildman–Crippen MR) is 66.7 cm³/mol. The minimum Gasteiger partial charge on any atom is -0.396 e. The maximum atomic E-state index is 11.2. The zero-order chi connectivity index (χ0) is 12.3. The van der Waals surface area contributed by atoms with Crippen LogP contribution in [0.1, 0.15) is 32.6 Å². The third kappa shape index (κ3) is 3.19. The zero-order valence-electron chi connectivity index (χ0n) is 10.8. The molecule has 2 saturated heterocycles. The molecular weight excluding hydrogens is 216 g/mol. The Morgan fingerprint density at radius 3 is 2.18 bits per heavy atom. The Bertz CT molecular complexity index is 254. The van der Waals surface area contributed by atoms with Gasteiger partial charge in [-0.1, -0.05) is 0 Å². The molecule has 4 nitrogen and oxygen atoms in total. The fourth-order valence-electron chi connectivity index (χ4n) is 3.05. The molecule has 2 aliphatic heterocycles. The van der Waals surface area contributed by atoms with Crippen LogP contribution in [0.15, 0.2) is 0 Å². The van der Waals surface area contributed by atoms with E-state index >= 15 is 0 Å². The number of piperidine rings is 2. The van der Waals surface area contributed by atoms with E-state index in [4.69, 9.17) is 5.11 Å². The molecule has 0 unspecified atom stereocenters. The number of amides is 1. The number of likely N-dealkylation sites (tertiary alicyclic amines) is 2. The lowest BCUT2D eigenvalue weighted by Crippen LogP contribution is -2.48. The Hall–Kier alpha value is -0.610. The fourth-order valence-corrected chi connectivity index (χ4v) is 3.05. The highest BCUT2D eigenvalue weighted by Gasteiger charge is 2.28. The van der Waals surface area contributed by atoms with Crippen molar-refractivity contribution in [2.45, 2.75) is 38.6 Å². The van der Waals surface area contributed by atoms with Crippen molar-refractivity contribution in [3.63, 3.8) is 0 Å². The highest BCUT2D eigenvalue weighted by Crippen LogP contribution is 2.23. The molecule has 0 bridgehead atoms. The van der Waals surface area contributed by atoms with E-state index < -0.39 is 0 Å². The topological polar surface area (TPSA) is 43.8 Å². The van der Waals surface area contributed by atoms with Crippen molar-refractivity contribution in [3.8, 4) is 0 Å². The first-order valence-electron chi connectivity index (χ1n) is 6.81. The second-order valence-electron chi connectivity index (χ2n) is 5.40. The van der Waals surface area contributed by atoms with Crippen molar-refractivity contribution in [3.05, 3.63) is 0 Å². The van der Waals surface area contributed by atoms with Gasteiger partial charge in [-0.3, -0.25) is 4.79 Å². The van der Waals surface area contributed by atoms with Crippen LogP contribution in [0, 0.1) is 5.92 Å². The van der Waals surface area contributed by atoms with E-state index in [0.717, 1.165) is 51.9 Å². The van der Waals surface area contributed by atoms with Gasteiger partial charge in [0.15, 0.2) is 0 Å². The second kappa shape index (κ2) is 5.83. The maximum Gasteiger partial charge on any atom is 0.219 e. The number of hydrogen-bond donors (Lipinski definition) is 1. The van der Waals surface area contributed by atoms with E-state index in [1.807, 2.05) is 4.90 Å². The standard InChI is InChI=1S/C13H24N2O2/c1-11(17)14-8-4-13(5-9-14)15-6-2-12(10-16)3-7-15/h12-13,16H,2-10H2,1H3. The molecular formula is C13H24N2O2. The van der Waals surface area contributed by atoms with Gasteiger partial charge in [0.05, 0.1) is 0 Å². The molecule has 2 rings (SSSR count). The van der Waals surface area contributed by atoms with Gasteiger partial charge in [0, 0.05) is 32.7 Å². The molecule has 98 valence electrons. The summed E-state index contributed by atoms with van der Waals surface area (Å²) in [6.07, 6.45) is 4.49. The molecule has 2 heterocycles. The SMILES string of the molecule is CC(=O)N1CCC(N2CCC(CO)CC2)CC1. The van der Waals surface area contributed by atoms with Gasteiger partial charge in [0.1, 0.15) is 0 Å². The number of aliphatic hydroxyl groups excluding tert-OH is 1. The van der Waals surface area contributed by atoms with Gasteiger partial charge in [-0.15, -0.1) is 0 Å². The van der Waals surface area contributed by atoms with Gasteiger partial charge in [-0.05, 0) is 44.7 Å². The molecule has 4 heteroatoms. The van der Waals surface area contributed by atoms with Gasteiger partial charge in [-0.25, -0.2) is 0 Å². The Labute approximate surface area is 104 Å². The first-order chi connectivity index (χ1) is 8.20. The average Bonchev–Trinajstić information content (AvgIpc) is 2.39. The minimum atomic E-state index is 0.211. The fraction of sp³-hybridized carbons (Fsp3) is 0.923. The highest BCUT2D eigenvalue weighted by molar-refractivity contribution is 5.73. The summed E-state index contributed by atoms with van der Waals surface area (Å²) in [7, 11) is 0. The predicted octanol–water partition coefficient (Wildman–Crippen LogP) is 0.702. The van der Waals surface area contributed by atoms with Gasteiger partial charge in [0.25, 0.3) is 0 Å². The van der Waals surface area contributed by atoms with Crippen LogP contribution >= 0.6 is 0 Å². The van der Waals surface area contributed by atoms with Gasteiger partial charge >= 0.3 is 0 Å². The van der Waals surface area contributed by atoms with Crippen LogP contribution in [-0.4, -0.2) is 59.6 Å². The normalized spacial score (nSPS) is 25.2. The molecule has 0 saturated carbocycles. The largest absolute Gasteiger partial charge is 0.396 e. The lowest BCUT2D eigenvalue weighted by Gasteiger charge is -2.41. The Kier molecular flexibility index (Phi) is 4.40. The molecule has 2 fully saturated rings. The molecule has 1 amide bonds. The first kappa shape index (κ1) is 12.8. The Morgan fingerprint density at radius 1 is 1.12 bits per heavy atom. The van der Waals surface area contributed by atoms with Crippen LogP contribution in [0.2, 0.25) is 0 Å². The zero-order valence-corrected chi connectivity index (χ0v) is 10.8. The second-order valence-corrected chi connectivity index (χ2v) is 5.40. The number of rotatable bonds is 2. The lowest BCUT2D eigenvalue weighted by molar-refractivity contribution is -0.130. The van der Waals surface area contributed by atoms with E-state index in [2.05, 4.69) is 4.90 Å². The maximum absolute atomic E-state index is 11.2. The van der Waals surface area contributed by atoms with Crippen molar-refractivity contribution in [1.82, 2.24) is 9.80 Å². The summed E-state index contributed by atoms with van der Waals surface area (Å²) in [5.74, 6) is 0.728. The number of nitrogens with zero attached hydrogens (tertiary/aromatic N) is 2. The molecule has 17 heavy (non-hydrogen) atoms. The van der Waals surface area contributed by atoms with Crippen LogP contribution in [0.25, 0.3) is 0 Å². The van der Waals surface area contributed by atoms with Crippen molar-refractivity contribution < 1.29 is 9.90 Å². The van der Waals surface area contributed by atoms with E-state index in [1.54, 1.807) is 6.92 Å². The summed E-state index contributed by atoms with van der Waals surface area (Å²) in [4.78, 5) is 15.8. The first-order valence-corrected chi connectivity index (χ1v) is 6.81. The lowest BCUT2D eigenvalue weighted by atomic mass is 9.94. The Morgan fingerprint density at radius 2 is 1.71 bits per heavy atom. The van der Waals surface area contributed by atoms with Crippen LogP contribution in [0.4, 0.5) is 0 Å². The summed E-state index contributed by atoms with van der Waals surface area (Å²) < 4.78 is 0. The molecule has 0 aromatic heterocycles. The van der Waals surface area contributed by atoms with Crippen molar-refractivity contribution >= 4 is 5.91 Å². The smallest absolute Gasteiger partial charge is 0.219 e. The van der Waals surface area contributed by atoms with E-state index in [-0.39, 0.29) is 5.91 Å². The monoisotopic (exact) mass is 240 g/mol. The molecule has 0 aromatic rings. The van der Waals surface area contributed by atoms with Crippen LogP contribution in [-0.2, 0) is 4.79 Å². The summed E-state index contributed by atoms with van der Waals surface area (Å²) in [5.41, 5.74) is 0. The summed E-state index contributed by atoms with van der Waals surface area (Å²) in [6.45, 7) is 6.08. The number of carbonyl (C=O) groups excluding carboxylic acids is 1. The Balaban J connectivity index is 1.76. The number of carbonyl (C=O) groups is 1. The highest BCUT2D eigenvalue weighted by atomic mass is 16.3. The molecule has 0 aromatic carbocycles. The number of hydrogen-bond acceptors (Lipinski definition) is 3. The molecule has 2 aliphatic rings.